The molecule has 0 N–H and O–H groups in total. The van der Waals surface area contributed by atoms with E-state index in [9.17, 15) is 4.79 Å². The van der Waals surface area contributed by atoms with Gasteiger partial charge in [-0.2, -0.15) is 0 Å². The first-order valence-electron chi connectivity index (χ1n) is 7.57. The Morgan fingerprint density at radius 1 is 1.39 bits per heavy atom. The van der Waals surface area contributed by atoms with Crippen molar-refractivity contribution in [3.8, 4) is 10.8 Å². The van der Waals surface area contributed by atoms with Crippen molar-refractivity contribution >= 4 is 17.2 Å². The molecule has 3 heterocycles. The van der Waals surface area contributed by atoms with Gasteiger partial charge >= 0.3 is 0 Å². The third-order valence-electron chi connectivity index (χ3n) is 4.01. The Hall–Kier alpha value is -1.77. The molecule has 1 fully saturated rings. The van der Waals surface area contributed by atoms with Gasteiger partial charge in [-0.05, 0) is 18.4 Å². The average Bonchev–Trinajstić information content (AvgIpc) is 3.25. The number of aromatic nitrogens is 2. The normalized spacial score (nSPS) is 17.4. The van der Waals surface area contributed by atoms with E-state index in [4.69, 9.17) is 9.15 Å². The molecule has 0 spiro atoms. The lowest BCUT2D eigenvalue weighted by Crippen LogP contribution is -2.50. The van der Waals surface area contributed by atoms with Gasteiger partial charge in [-0.1, -0.05) is 6.07 Å². The van der Waals surface area contributed by atoms with Crippen LogP contribution < -0.4 is 0 Å². The summed E-state index contributed by atoms with van der Waals surface area (Å²) >= 11 is 1.58. The Labute approximate surface area is 138 Å². The van der Waals surface area contributed by atoms with Crippen LogP contribution in [0.25, 0.3) is 10.8 Å². The molecule has 124 valence electrons. The van der Waals surface area contributed by atoms with E-state index in [-0.39, 0.29) is 18.6 Å². The number of nitrogens with zero attached hydrogens (tertiary/aromatic N) is 4. The van der Waals surface area contributed by atoms with E-state index in [1.54, 1.807) is 11.3 Å². The van der Waals surface area contributed by atoms with Gasteiger partial charge < -0.3 is 14.1 Å². The highest BCUT2D eigenvalue weighted by molar-refractivity contribution is 7.13. The summed E-state index contributed by atoms with van der Waals surface area (Å²) in [7, 11) is 1.54. The van der Waals surface area contributed by atoms with E-state index in [1.807, 2.05) is 22.4 Å². The Morgan fingerprint density at radius 2 is 2.17 bits per heavy atom. The minimum absolute atomic E-state index is 0.0379. The number of carbonyl (C=O) groups excluding carboxylic acids is 1. The summed E-state index contributed by atoms with van der Waals surface area (Å²) in [4.78, 5) is 16.9. The van der Waals surface area contributed by atoms with E-state index in [0.717, 1.165) is 18.0 Å². The fraction of sp³-hybridized carbons (Fsp3) is 0.533. The number of rotatable bonds is 5. The average molecular weight is 336 g/mol. The molecule has 23 heavy (non-hydrogen) atoms. The molecule has 1 aliphatic heterocycles. The lowest BCUT2D eigenvalue weighted by Gasteiger charge is -2.36. The van der Waals surface area contributed by atoms with Crippen LogP contribution in [0.2, 0.25) is 0 Å². The highest BCUT2D eigenvalue weighted by atomic mass is 32.1. The fourth-order valence-corrected chi connectivity index (χ4v) is 3.28. The quantitative estimate of drug-likeness (QED) is 0.827. The van der Waals surface area contributed by atoms with Crippen LogP contribution in [-0.4, -0.2) is 65.8 Å². The van der Waals surface area contributed by atoms with Crippen LogP contribution in [0.4, 0.5) is 0 Å². The maximum absolute atomic E-state index is 11.8. The van der Waals surface area contributed by atoms with Crippen molar-refractivity contribution in [2.45, 2.75) is 13.0 Å². The van der Waals surface area contributed by atoms with Crippen molar-refractivity contribution in [2.24, 2.45) is 0 Å². The number of ether oxygens (including phenoxy) is 1. The monoisotopic (exact) mass is 336 g/mol. The third-order valence-corrected chi connectivity index (χ3v) is 4.87. The van der Waals surface area contributed by atoms with Crippen LogP contribution in [0.5, 0.6) is 0 Å². The number of hydrogen-bond donors (Lipinski definition) is 0. The molecule has 2 aromatic heterocycles. The molecular weight excluding hydrogens is 316 g/mol. The Kier molecular flexibility index (Phi) is 5.04. The van der Waals surface area contributed by atoms with Crippen LogP contribution >= 0.6 is 11.3 Å². The highest BCUT2D eigenvalue weighted by Gasteiger charge is 2.27. The summed E-state index contributed by atoms with van der Waals surface area (Å²) in [5, 5.41) is 10.3. The molecule has 0 unspecified atom stereocenters. The van der Waals surface area contributed by atoms with E-state index in [1.165, 1.54) is 7.11 Å². The van der Waals surface area contributed by atoms with Gasteiger partial charge in [0.15, 0.2) is 0 Å². The maximum atomic E-state index is 11.8. The van der Waals surface area contributed by atoms with Crippen molar-refractivity contribution in [3.05, 3.63) is 23.4 Å². The number of amides is 1. The summed E-state index contributed by atoms with van der Waals surface area (Å²) in [5.41, 5.74) is 0. The molecule has 7 nitrogen and oxygen atoms in total. The number of hydrogen-bond acceptors (Lipinski definition) is 7. The van der Waals surface area contributed by atoms with Crippen LogP contribution in [0.1, 0.15) is 18.9 Å². The molecule has 0 saturated carbocycles. The molecule has 1 saturated heterocycles. The predicted molar refractivity (Wildman–Crippen MR) is 86.1 cm³/mol. The van der Waals surface area contributed by atoms with Crippen molar-refractivity contribution in [2.75, 3.05) is 39.9 Å². The maximum Gasteiger partial charge on any atom is 0.257 e. The number of carbonyl (C=O) groups is 1. The van der Waals surface area contributed by atoms with Crippen molar-refractivity contribution in [3.63, 3.8) is 0 Å². The molecule has 1 amide bonds. The third kappa shape index (κ3) is 3.60. The van der Waals surface area contributed by atoms with Gasteiger partial charge in [-0.25, -0.2) is 0 Å². The highest BCUT2D eigenvalue weighted by Crippen LogP contribution is 2.27. The fourth-order valence-electron chi connectivity index (χ4n) is 2.63. The van der Waals surface area contributed by atoms with Crippen LogP contribution in [-0.2, 0) is 9.53 Å². The van der Waals surface area contributed by atoms with Gasteiger partial charge in [0.05, 0.1) is 10.9 Å². The molecule has 0 bridgehead atoms. The molecule has 0 aliphatic carbocycles. The number of piperazine rings is 1. The van der Waals surface area contributed by atoms with Crippen molar-refractivity contribution in [1.29, 1.82) is 0 Å². The number of methoxy groups -OCH3 is 1. The molecule has 1 aliphatic rings. The smallest absolute Gasteiger partial charge is 0.257 e. The zero-order chi connectivity index (χ0) is 16.2. The first-order chi connectivity index (χ1) is 11.2. The second-order valence-corrected chi connectivity index (χ2v) is 6.40. The topological polar surface area (TPSA) is 71.7 Å². The van der Waals surface area contributed by atoms with Crippen LogP contribution in [0, 0.1) is 0 Å². The largest absolute Gasteiger partial charge is 0.418 e. The zero-order valence-corrected chi connectivity index (χ0v) is 14.1. The standard InChI is InChI=1S/C15H20N4O3S/c1-11(14-16-17-15(22-14)12-4-3-9-23-12)18-5-7-19(8-6-18)13(20)10-21-2/h3-4,9,11H,5-8,10H2,1-2H3/t11-/m0/s1. The first-order valence-corrected chi connectivity index (χ1v) is 8.45. The molecule has 1 atom stereocenters. The van der Waals surface area contributed by atoms with Gasteiger partial charge in [-0.15, -0.1) is 21.5 Å². The van der Waals surface area contributed by atoms with E-state index >= 15 is 0 Å². The Balaban J connectivity index is 1.59. The minimum atomic E-state index is 0.0379. The number of thiophene rings is 1. The lowest BCUT2D eigenvalue weighted by molar-refractivity contribution is -0.137. The van der Waals surface area contributed by atoms with E-state index in [0.29, 0.717) is 24.9 Å². The predicted octanol–water partition coefficient (Wildman–Crippen LogP) is 1.65. The summed E-state index contributed by atoms with van der Waals surface area (Å²) in [6.07, 6.45) is 0. The Bertz CT molecular complexity index is 635. The van der Waals surface area contributed by atoms with Gasteiger partial charge in [0.1, 0.15) is 6.61 Å². The second-order valence-electron chi connectivity index (χ2n) is 5.45. The second kappa shape index (κ2) is 7.20. The van der Waals surface area contributed by atoms with E-state index in [2.05, 4.69) is 22.0 Å². The summed E-state index contributed by atoms with van der Waals surface area (Å²) in [6, 6.07) is 3.96. The summed E-state index contributed by atoms with van der Waals surface area (Å²) in [6.45, 7) is 5.15. The van der Waals surface area contributed by atoms with E-state index < -0.39 is 0 Å². The molecule has 0 radical (unpaired) electrons. The summed E-state index contributed by atoms with van der Waals surface area (Å²) in [5.74, 6) is 1.22. The molecule has 8 heteroatoms. The first kappa shape index (κ1) is 16.1. The van der Waals surface area contributed by atoms with Crippen molar-refractivity contribution < 1.29 is 13.9 Å². The minimum Gasteiger partial charge on any atom is -0.418 e. The van der Waals surface area contributed by atoms with Gasteiger partial charge in [-0.3, -0.25) is 9.69 Å². The van der Waals surface area contributed by atoms with Crippen LogP contribution in [0.3, 0.4) is 0 Å². The van der Waals surface area contributed by atoms with Gasteiger partial charge in [0.25, 0.3) is 5.89 Å². The van der Waals surface area contributed by atoms with Gasteiger partial charge in [0, 0.05) is 33.3 Å². The van der Waals surface area contributed by atoms with Crippen LogP contribution in [0.15, 0.2) is 21.9 Å². The SMILES string of the molecule is COCC(=O)N1CCN([C@@H](C)c2nnc(-c3cccs3)o2)CC1. The molecule has 0 aromatic carbocycles. The molecule has 2 aromatic rings. The van der Waals surface area contributed by atoms with Gasteiger partial charge in [0.2, 0.25) is 11.8 Å². The van der Waals surface area contributed by atoms with Crippen molar-refractivity contribution in [1.82, 2.24) is 20.0 Å². The summed E-state index contributed by atoms with van der Waals surface area (Å²) < 4.78 is 10.7. The zero-order valence-electron chi connectivity index (χ0n) is 13.3. The lowest BCUT2D eigenvalue weighted by atomic mass is 10.2. The Morgan fingerprint density at radius 3 is 2.83 bits per heavy atom. The molecule has 3 rings (SSSR count). The molecular formula is C15H20N4O3S.